The molecule has 0 radical (unpaired) electrons. The molecule has 112 valence electrons. The highest BCUT2D eigenvalue weighted by Gasteiger charge is 2.21. The molecular weight excluding hydrogens is 256 g/mol. The summed E-state index contributed by atoms with van der Waals surface area (Å²) in [5.74, 6) is 0.884. The second-order valence-electron chi connectivity index (χ2n) is 6.27. The zero-order chi connectivity index (χ0) is 14.5. The summed E-state index contributed by atoms with van der Waals surface area (Å²) in [6, 6.07) is 11.3. The van der Waals surface area contributed by atoms with Crippen LogP contribution in [-0.4, -0.2) is 11.5 Å². The Morgan fingerprint density at radius 1 is 1.14 bits per heavy atom. The van der Waals surface area contributed by atoms with Gasteiger partial charge in [-0.1, -0.05) is 57.2 Å². The number of benzene rings is 1. The number of hydrogen-bond acceptors (Lipinski definition) is 2. The maximum absolute atomic E-state index is 4.50. The molecule has 2 heteroatoms. The SMILES string of the molecule is CCNC(CC1CCCCC1)c1cccc2ncccc12. The monoisotopic (exact) mass is 282 g/mol. The zero-order valence-electron chi connectivity index (χ0n) is 13.0. The number of aromatic nitrogens is 1. The third-order valence-corrected chi connectivity index (χ3v) is 4.80. The average molecular weight is 282 g/mol. The lowest BCUT2D eigenvalue weighted by molar-refractivity contribution is 0.302. The second-order valence-corrected chi connectivity index (χ2v) is 6.27. The van der Waals surface area contributed by atoms with Gasteiger partial charge in [0.15, 0.2) is 0 Å². The summed E-state index contributed by atoms with van der Waals surface area (Å²) in [5, 5.41) is 5.02. The van der Waals surface area contributed by atoms with E-state index in [0.717, 1.165) is 18.0 Å². The maximum atomic E-state index is 4.50. The van der Waals surface area contributed by atoms with Crippen molar-refractivity contribution in [2.45, 2.75) is 51.5 Å². The molecule has 0 bridgehead atoms. The molecule has 1 aromatic carbocycles. The van der Waals surface area contributed by atoms with Crippen LogP contribution in [0, 0.1) is 5.92 Å². The highest BCUT2D eigenvalue weighted by molar-refractivity contribution is 5.82. The molecule has 1 N–H and O–H groups in total. The molecule has 1 atom stereocenters. The van der Waals surface area contributed by atoms with E-state index in [2.05, 4.69) is 47.6 Å². The van der Waals surface area contributed by atoms with Crippen molar-refractivity contribution in [3.63, 3.8) is 0 Å². The van der Waals surface area contributed by atoms with Gasteiger partial charge < -0.3 is 5.32 Å². The number of fused-ring (bicyclic) bond motifs is 1. The van der Waals surface area contributed by atoms with Crippen LogP contribution in [0.25, 0.3) is 10.9 Å². The Bertz CT molecular complexity index is 567. The number of nitrogens with one attached hydrogen (secondary N) is 1. The number of nitrogens with zero attached hydrogens (tertiary/aromatic N) is 1. The first kappa shape index (κ1) is 14.5. The van der Waals surface area contributed by atoms with Crippen molar-refractivity contribution >= 4 is 10.9 Å². The van der Waals surface area contributed by atoms with Crippen LogP contribution in [0.2, 0.25) is 0 Å². The van der Waals surface area contributed by atoms with Crippen LogP contribution in [0.5, 0.6) is 0 Å². The Hall–Kier alpha value is -1.41. The fourth-order valence-electron chi connectivity index (χ4n) is 3.75. The van der Waals surface area contributed by atoms with Crippen molar-refractivity contribution in [3.05, 3.63) is 42.1 Å². The minimum absolute atomic E-state index is 0.464. The summed E-state index contributed by atoms with van der Waals surface area (Å²) in [6.07, 6.45) is 10.2. The Morgan fingerprint density at radius 3 is 2.81 bits per heavy atom. The van der Waals surface area contributed by atoms with Gasteiger partial charge in [0.2, 0.25) is 0 Å². The summed E-state index contributed by atoms with van der Waals surface area (Å²) in [7, 11) is 0. The van der Waals surface area contributed by atoms with Crippen molar-refractivity contribution in [1.29, 1.82) is 0 Å². The number of rotatable bonds is 5. The summed E-state index contributed by atoms with van der Waals surface area (Å²) < 4.78 is 0. The molecule has 21 heavy (non-hydrogen) atoms. The maximum Gasteiger partial charge on any atom is 0.0705 e. The second kappa shape index (κ2) is 7.04. The molecule has 0 spiro atoms. The minimum Gasteiger partial charge on any atom is -0.310 e. The van der Waals surface area contributed by atoms with Crippen molar-refractivity contribution in [2.75, 3.05) is 6.54 Å². The van der Waals surface area contributed by atoms with Crippen LogP contribution < -0.4 is 5.32 Å². The molecule has 1 saturated carbocycles. The lowest BCUT2D eigenvalue weighted by atomic mass is 9.83. The fourth-order valence-corrected chi connectivity index (χ4v) is 3.75. The van der Waals surface area contributed by atoms with E-state index in [9.17, 15) is 0 Å². The summed E-state index contributed by atoms with van der Waals surface area (Å²) in [4.78, 5) is 4.50. The molecule has 2 nitrogen and oxygen atoms in total. The molecule has 1 aromatic heterocycles. The first-order chi connectivity index (χ1) is 10.4. The number of hydrogen-bond donors (Lipinski definition) is 1. The van der Waals surface area contributed by atoms with Gasteiger partial charge in [-0.2, -0.15) is 0 Å². The molecule has 1 fully saturated rings. The van der Waals surface area contributed by atoms with Crippen molar-refractivity contribution in [1.82, 2.24) is 10.3 Å². The van der Waals surface area contributed by atoms with Gasteiger partial charge in [-0.25, -0.2) is 0 Å². The Kier molecular flexibility index (Phi) is 4.87. The highest BCUT2D eigenvalue weighted by Crippen LogP contribution is 2.34. The van der Waals surface area contributed by atoms with Gasteiger partial charge >= 0.3 is 0 Å². The Labute approximate surface area is 128 Å². The van der Waals surface area contributed by atoms with Gasteiger partial charge in [0, 0.05) is 17.6 Å². The lowest BCUT2D eigenvalue weighted by Gasteiger charge is -2.28. The van der Waals surface area contributed by atoms with Gasteiger partial charge in [0.05, 0.1) is 5.52 Å². The molecule has 3 rings (SSSR count). The van der Waals surface area contributed by atoms with E-state index in [-0.39, 0.29) is 0 Å². The van der Waals surface area contributed by atoms with Crippen LogP contribution in [0.3, 0.4) is 0 Å². The predicted molar refractivity (Wildman–Crippen MR) is 89.4 cm³/mol. The van der Waals surface area contributed by atoms with Gasteiger partial charge in [0.25, 0.3) is 0 Å². The predicted octanol–water partition coefficient (Wildman–Crippen LogP) is 4.86. The third kappa shape index (κ3) is 3.44. The molecule has 0 amide bonds. The van der Waals surface area contributed by atoms with Crippen molar-refractivity contribution in [2.24, 2.45) is 5.92 Å². The quantitative estimate of drug-likeness (QED) is 0.847. The van der Waals surface area contributed by atoms with E-state index in [1.165, 1.54) is 49.5 Å². The van der Waals surface area contributed by atoms with Crippen LogP contribution in [0.4, 0.5) is 0 Å². The van der Waals surface area contributed by atoms with E-state index in [0.29, 0.717) is 6.04 Å². The van der Waals surface area contributed by atoms with Crippen LogP contribution >= 0.6 is 0 Å². The van der Waals surface area contributed by atoms with E-state index in [4.69, 9.17) is 0 Å². The lowest BCUT2D eigenvalue weighted by Crippen LogP contribution is -2.24. The van der Waals surface area contributed by atoms with Crippen LogP contribution in [0.1, 0.15) is 57.1 Å². The highest BCUT2D eigenvalue weighted by atomic mass is 14.9. The molecule has 1 heterocycles. The van der Waals surface area contributed by atoms with Gasteiger partial charge in [-0.3, -0.25) is 4.98 Å². The first-order valence-electron chi connectivity index (χ1n) is 8.45. The van der Waals surface area contributed by atoms with E-state index >= 15 is 0 Å². The normalized spacial score (nSPS) is 18.0. The summed E-state index contributed by atoms with van der Waals surface area (Å²) in [6.45, 7) is 3.23. The Morgan fingerprint density at radius 2 is 2.00 bits per heavy atom. The smallest absolute Gasteiger partial charge is 0.0705 e. The molecule has 1 aliphatic rings. The van der Waals surface area contributed by atoms with Crippen molar-refractivity contribution in [3.8, 4) is 0 Å². The average Bonchev–Trinajstić information content (AvgIpc) is 2.55. The molecule has 0 saturated heterocycles. The minimum atomic E-state index is 0.464. The fraction of sp³-hybridized carbons (Fsp3) is 0.526. The van der Waals surface area contributed by atoms with Gasteiger partial charge in [-0.15, -0.1) is 0 Å². The molecule has 1 unspecified atom stereocenters. The van der Waals surface area contributed by atoms with Crippen LogP contribution in [-0.2, 0) is 0 Å². The summed E-state index contributed by atoms with van der Waals surface area (Å²) >= 11 is 0. The van der Waals surface area contributed by atoms with Crippen LogP contribution in [0.15, 0.2) is 36.5 Å². The molecule has 0 aliphatic heterocycles. The van der Waals surface area contributed by atoms with Crippen molar-refractivity contribution < 1.29 is 0 Å². The summed E-state index contributed by atoms with van der Waals surface area (Å²) in [5.41, 5.74) is 2.54. The number of pyridine rings is 1. The van der Waals surface area contributed by atoms with E-state index in [1.807, 2.05) is 6.20 Å². The largest absolute Gasteiger partial charge is 0.310 e. The Balaban J connectivity index is 1.87. The third-order valence-electron chi connectivity index (χ3n) is 4.80. The van der Waals surface area contributed by atoms with Gasteiger partial charge in [-0.05, 0) is 36.6 Å². The standard InChI is InChI=1S/C19H26N2/c1-2-20-19(14-15-8-4-3-5-9-15)17-10-6-12-18-16(17)11-7-13-21-18/h6-7,10-13,15,19-20H,2-5,8-9,14H2,1H3. The zero-order valence-corrected chi connectivity index (χ0v) is 13.0. The topological polar surface area (TPSA) is 24.9 Å². The van der Waals surface area contributed by atoms with E-state index < -0.39 is 0 Å². The van der Waals surface area contributed by atoms with E-state index in [1.54, 1.807) is 0 Å². The molecular formula is C19H26N2. The first-order valence-corrected chi connectivity index (χ1v) is 8.45. The molecule has 2 aromatic rings. The van der Waals surface area contributed by atoms with Gasteiger partial charge in [0.1, 0.15) is 0 Å². The molecule has 1 aliphatic carbocycles.